The molecule has 2 aliphatic carbocycles. The zero-order valence-corrected chi connectivity index (χ0v) is 19.2. The van der Waals surface area contributed by atoms with Crippen LogP contribution in [0.4, 0.5) is 4.39 Å². The zero-order valence-electron chi connectivity index (χ0n) is 18.3. The number of halogens is 1. The van der Waals surface area contributed by atoms with Crippen molar-refractivity contribution in [1.82, 2.24) is 9.62 Å². The second-order valence-corrected chi connectivity index (χ2v) is 11.4. The average Bonchev–Trinajstić information content (AvgIpc) is 3.42. The number of carbonyl (C=O) groups excluding carboxylic acids is 2. The number of hydrogen-bond acceptors (Lipinski definition) is 5. The van der Waals surface area contributed by atoms with Gasteiger partial charge in [-0.05, 0) is 81.0 Å². The molecule has 7 nitrogen and oxygen atoms in total. The topological polar surface area (TPSA) is 92.8 Å². The molecule has 1 aromatic carbocycles. The molecule has 4 unspecified atom stereocenters. The van der Waals surface area contributed by atoms with E-state index in [2.05, 4.69) is 5.32 Å². The molecule has 1 aliphatic heterocycles. The Bertz CT molecular complexity index is 944. The molecule has 1 saturated heterocycles. The molecule has 2 bridgehead atoms. The number of nitrogens with zero attached hydrogens (tertiary/aromatic N) is 1. The lowest BCUT2D eigenvalue weighted by Crippen LogP contribution is -2.43. The number of fused-ring (bicyclic) bond motifs is 2. The summed E-state index contributed by atoms with van der Waals surface area (Å²) >= 11 is 0. The molecule has 1 heterocycles. The molecule has 2 saturated carbocycles. The summed E-state index contributed by atoms with van der Waals surface area (Å²) in [5.74, 6) is 0.330. The normalized spacial score (nSPS) is 27.2. The smallest absolute Gasteiger partial charge is 0.309 e. The van der Waals surface area contributed by atoms with Gasteiger partial charge in [0.1, 0.15) is 5.82 Å². The van der Waals surface area contributed by atoms with E-state index in [4.69, 9.17) is 4.74 Å². The molecule has 3 aliphatic rings. The van der Waals surface area contributed by atoms with Gasteiger partial charge in [0, 0.05) is 19.1 Å². The van der Waals surface area contributed by atoms with Crippen LogP contribution in [0, 0.1) is 29.5 Å². The minimum Gasteiger partial charge on any atom is -0.455 e. The van der Waals surface area contributed by atoms with Crippen molar-refractivity contribution < 1.29 is 27.1 Å². The van der Waals surface area contributed by atoms with Gasteiger partial charge >= 0.3 is 5.97 Å². The lowest BCUT2D eigenvalue weighted by Gasteiger charge is -2.30. The fourth-order valence-corrected chi connectivity index (χ4v) is 7.12. The van der Waals surface area contributed by atoms with Crippen LogP contribution in [0.25, 0.3) is 0 Å². The van der Waals surface area contributed by atoms with Gasteiger partial charge in [0.05, 0.1) is 10.8 Å². The molecule has 4 atom stereocenters. The van der Waals surface area contributed by atoms with Crippen molar-refractivity contribution in [2.24, 2.45) is 23.7 Å². The molecule has 176 valence electrons. The highest BCUT2D eigenvalue weighted by molar-refractivity contribution is 7.89. The summed E-state index contributed by atoms with van der Waals surface area (Å²) in [4.78, 5) is 24.7. The monoisotopic (exact) mass is 466 g/mol. The Morgan fingerprint density at radius 1 is 1.12 bits per heavy atom. The van der Waals surface area contributed by atoms with Crippen LogP contribution in [-0.4, -0.2) is 50.3 Å². The SMILES string of the molecule is CC(NC(=O)COC(=O)C1CCN(S(=O)(=O)c2ccc(F)cc2)CC1)C1CC2CCC1C2. The molecule has 9 heteroatoms. The van der Waals surface area contributed by atoms with Crippen LogP contribution in [0.2, 0.25) is 0 Å². The van der Waals surface area contributed by atoms with Crippen molar-refractivity contribution in [3.63, 3.8) is 0 Å². The Balaban J connectivity index is 1.20. The fraction of sp³-hybridized carbons (Fsp3) is 0.652. The minimum absolute atomic E-state index is 0.0289. The third-order valence-corrected chi connectivity index (χ3v) is 9.32. The average molecular weight is 467 g/mol. The quantitative estimate of drug-likeness (QED) is 0.624. The number of amides is 1. The number of sulfonamides is 1. The zero-order chi connectivity index (χ0) is 22.9. The number of ether oxygens (including phenoxy) is 1. The van der Waals surface area contributed by atoms with E-state index in [1.54, 1.807) is 0 Å². The molecule has 1 aromatic rings. The van der Waals surface area contributed by atoms with Crippen LogP contribution in [0.5, 0.6) is 0 Å². The highest BCUT2D eigenvalue weighted by Crippen LogP contribution is 2.49. The Morgan fingerprint density at radius 3 is 2.41 bits per heavy atom. The van der Waals surface area contributed by atoms with Crippen molar-refractivity contribution in [1.29, 1.82) is 0 Å². The maximum atomic E-state index is 13.1. The number of rotatable bonds is 7. The number of hydrogen-bond donors (Lipinski definition) is 1. The van der Waals surface area contributed by atoms with Gasteiger partial charge in [-0.15, -0.1) is 0 Å². The van der Waals surface area contributed by atoms with Crippen LogP contribution < -0.4 is 5.32 Å². The van der Waals surface area contributed by atoms with E-state index in [0.717, 1.165) is 18.1 Å². The second-order valence-electron chi connectivity index (χ2n) is 9.43. The first kappa shape index (κ1) is 23.2. The fourth-order valence-electron chi connectivity index (χ4n) is 5.65. The van der Waals surface area contributed by atoms with Gasteiger partial charge in [0.2, 0.25) is 10.0 Å². The Kier molecular flexibility index (Phi) is 6.86. The Morgan fingerprint density at radius 2 is 1.81 bits per heavy atom. The van der Waals surface area contributed by atoms with Crippen LogP contribution >= 0.6 is 0 Å². The van der Waals surface area contributed by atoms with Crippen molar-refractivity contribution in [2.45, 2.75) is 56.4 Å². The van der Waals surface area contributed by atoms with Gasteiger partial charge in [-0.1, -0.05) is 6.42 Å². The molecule has 1 N–H and O–H groups in total. The van der Waals surface area contributed by atoms with Crippen LogP contribution in [0.15, 0.2) is 29.2 Å². The molecule has 3 fully saturated rings. The Labute approximate surface area is 188 Å². The van der Waals surface area contributed by atoms with E-state index in [-0.39, 0.29) is 36.5 Å². The summed E-state index contributed by atoms with van der Waals surface area (Å²) in [5.41, 5.74) is 0. The number of piperidine rings is 1. The van der Waals surface area contributed by atoms with E-state index in [1.165, 1.54) is 42.1 Å². The summed E-state index contributed by atoms with van der Waals surface area (Å²) in [6.45, 7) is 2.07. The maximum absolute atomic E-state index is 13.1. The van der Waals surface area contributed by atoms with E-state index in [0.29, 0.717) is 24.7 Å². The van der Waals surface area contributed by atoms with Crippen molar-refractivity contribution in [2.75, 3.05) is 19.7 Å². The molecular formula is C23H31FN2O5S. The van der Waals surface area contributed by atoms with E-state index >= 15 is 0 Å². The summed E-state index contributed by atoms with van der Waals surface area (Å²) in [7, 11) is -3.73. The van der Waals surface area contributed by atoms with Gasteiger partial charge in [-0.25, -0.2) is 12.8 Å². The highest BCUT2D eigenvalue weighted by Gasteiger charge is 2.42. The Hall–Kier alpha value is -2.00. The first-order chi connectivity index (χ1) is 15.2. The van der Waals surface area contributed by atoms with Crippen molar-refractivity contribution in [3.05, 3.63) is 30.1 Å². The van der Waals surface area contributed by atoms with Gasteiger partial charge in [0.15, 0.2) is 6.61 Å². The molecule has 1 amide bonds. The van der Waals surface area contributed by atoms with Crippen LogP contribution in [-0.2, 0) is 24.3 Å². The standard InChI is InChI=1S/C23H31FN2O5S/c1-15(21-13-16-2-3-18(21)12-16)25-22(27)14-31-23(28)17-8-10-26(11-9-17)32(29,30)20-6-4-19(24)5-7-20/h4-7,15-18,21H,2-3,8-14H2,1H3,(H,25,27). The third-order valence-electron chi connectivity index (χ3n) is 7.41. The predicted molar refractivity (Wildman–Crippen MR) is 115 cm³/mol. The third kappa shape index (κ3) is 4.98. The second kappa shape index (κ2) is 9.47. The molecule has 32 heavy (non-hydrogen) atoms. The van der Waals surface area contributed by atoms with E-state index in [1.807, 2.05) is 6.92 Å². The number of benzene rings is 1. The molecule has 0 aromatic heterocycles. The maximum Gasteiger partial charge on any atom is 0.309 e. The molecule has 4 rings (SSSR count). The summed E-state index contributed by atoms with van der Waals surface area (Å²) in [6, 6.07) is 4.78. The van der Waals surface area contributed by atoms with E-state index < -0.39 is 27.7 Å². The van der Waals surface area contributed by atoms with Gasteiger partial charge in [0.25, 0.3) is 5.91 Å². The number of carbonyl (C=O) groups is 2. The lowest BCUT2D eigenvalue weighted by atomic mass is 9.84. The predicted octanol–water partition coefficient (Wildman–Crippen LogP) is 2.71. The van der Waals surface area contributed by atoms with Gasteiger partial charge < -0.3 is 10.1 Å². The largest absolute Gasteiger partial charge is 0.455 e. The molecule has 0 spiro atoms. The highest BCUT2D eigenvalue weighted by atomic mass is 32.2. The first-order valence-electron chi connectivity index (χ1n) is 11.5. The van der Waals surface area contributed by atoms with Crippen LogP contribution in [0.1, 0.15) is 45.4 Å². The van der Waals surface area contributed by atoms with E-state index in [9.17, 15) is 22.4 Å². The summed E-state index contributed by atoms with van der Waals surface area (Å²) in [6.07, 6.45) is 5.65. The van der Waals surface area contributed by atoms with Gasteiger partial charge in [-0.2, -0.15) is 4.31 Å². The number of esters is 1. The first-order valence-corrected chi connectivity index (χ1v) is 12.9. The minimum atomic E-state index is -3.73. The molecule has 0 radical (unpaired) electrons. The van der Waals surface area contributed by atoms with Crippen LogP contribution in [0.3, 0.4) is 0 Å². The summed E-state index contributed by atoms with van der Waals surface area (Å²) in [5, 5.41) is 2.98. The molecular weight excluding hydrogens is 435 g/mol. The number of nitrogens with one attached hydrogen (secondary N) is 1. The van der Waals surface area contributed by atoms with Crippen molar-refractivity contribution in [3.8, 4) is 0 Å². The lowest BCUT2D eigenvalue weighted by molar-refractivity contribution is -0.154. The van der Waals surface area contributed by atoms with Gasteiger partial charge in [-0.3, -0.25) is 9.59 Å². The van der Waals surface area contributed by atoms with Crippen molar-refractivity contribution >= 4 is 21.9 Å². The summed E-state index contributed by atoms with van der Waals surface area (Å²) < 4.78 is 45.0.